The van der Waals surface area contributed by atoms with Crippen molar-refractivity contribution in [1.82, 2.24) is 10.1 Å². The van der Waals surface area contributed by atoms with Gasteiger partial charge in [-0.3, -0.25) is 10.1 Å². The second-order valence-corrected chi connectivity index (χ2v) is 5.09. The summed E-state index contributed by atoms with van der Waals surface area (Å²) in [6.07, 6.45) is 3.84. The molecule has 0 atom stereocenters. The molecule has 1 fully saturated rings. The normalized spacial score (nSPS) is 17.2. The van der Waals surface area contributed by atoms with Crippen LogP contribution < -0.4 is 5.73 Å². The summed E-state index contributed by atoms with van der Waals surface area (Å²) in [6, 6.07) is 6.00. The van der Waals surface area contributed by atoms with Crippen LogP contribution in [0.15, 0.2) is 28.8 Å². The summed E-state index contributed by atoms with van der Waals surface area (Å²) in [7, 11) is 0. The van der Waals surface area contributed by atoms with Crippen LogP contribution in [0.5, 0.6) is 0 Å². The van der Waals surface area contributed by atoms with Gasteiger partial charge in [0.2, 0.25) is 0 Å². The molecule has 3 rings (SSSR count). The van der Waals surface area contributed by atoms with Gasteiger partial charge in [-0.2, -0.15) is 4.98 Å². The zero-order chi connectivity index (χ0) is 14.2. The summed E-state index contributed by atoms with van der Waals surface area (Å²) in [4.78, 5) is 14.5. The molecule has 2 aromatic rings. The minimum atomic E-state index is -0.497. The van der Waals surface area contributed by atoms with Crippen LogP contribution in [-0.2, 0) is 5.54 Å². The Balaban J connectivity index is 1.88. The largest absolute Gasteiger partial charge is 0.334 e. The maximum Gasteiger partial charge on any atom is 0.269 e. The molecule has 20 heavy (non-hydrogen) atoms. The van der Waals surface area contributed by atoms with Crippen molar-refractivity contribution in [3.05, 3.63) is 40.2 Å². The average molecular weight is 274 g/mol. The Morgan fingerprint density at radius 1 is 1.25 bits per heavy atom. The van der Waals surface area contributed by atoms with Gasteiger partial charge in [0.25, 0.3) is 11.6 Å². The van der Waals surface area contributed by atoms with E-state index in [1.54, 1.807) is 12.1 Å². The quantitative estimate of drug-likeness (QED) is 0.679. The van der Waals surface area contributed by atoms with Crippen LogP contribution in [0.25, 0.3) is 11.5 Å². The molecule has 0 aliphatic heterocycles. The SMILES string of the molecule is NC1(c2noc(-c3ccc([N+](=O)[O-])cc3)n2)CCCC1. The first-order chi connectivity index (χ1) is 9.58. The highest BCUT2D eigenvalue weighted by Crippen LogP contribution is 2.35. The Kier molecular flexibility index (Phi) is 2.98. The Labute approximate surface area is 114 Å². The second kappa shape index (κ2) is 4.68. The molecule has 104 valence electrons. The van der Waals surface area contributed by atoms with Crippen molar-refractivity contribution in [1.29, 1.82) is 0 Å². The molecule has 1 aromatic carbocycles. The number of hydrogen-bond donors (Lipinski definition) is 1. The molecular formula is C13H14N4O3. The number of aromatic nitrogens is 2. The average Bonchev–Trinajstić information content (AvgIpc) is 3.08. The van der Waals surface area contributed by atoms with E-state index in [1.807, 2.05) is 0 Å². The van der Waals surface area contributed by atoms with E-state index in [4.69, 9.17) is 10.3 Å². The van der Waals surface area contributed by atoms with Crippen molar-refractivity contribution in [3.8, 4) is 11.5 Å². The molecule has 0 spiro atoms. The summed E-state index contributed by atoms with van der Waals surface area (Å²) in [5.74, 6) is 0.856. The monoisotopic (exact) mass is 274 g/mol. The lowest BCUT2D eigenvalue weighted by atomic mass is 9.99. The van der Waals surface area contributed by atoms with Gasteiger partial charge in [0.05, 0.1) is 10.5 Å². The third-order valence-electron chi connectivity index (χ3n) is 3.69. The minimum Gasteiger partial charge on any atom is -0.334 e. The Bertz CT molecular complexity index is 629. The molecule has 1 saturated carbocycles. The highest BCUT2D eigenvalue weighted by molar-refractivity contribution is 5.55. The van der Waals surface area contributed by atoms with Gasteiger partial charge in [0.1, 0.15) is 0 Å². The second-order valence-electron chi connectivity index (χ2n) is 5.09. The van der Waals surface area contributed by atoms with Crippen molar-refractivity contribution in [2.45, 2.75) is 31.2 Å². The van der Waals surface area contributed by atoms with Crippen LogP contribution in [0, 0.1) is 10.1 Å². The van der Waals surface area contributed by atoms with Gasteiger partial charge in [-0.1, -0.05) is 18.0 Å². The van der Waals surface area contributed by atoms with E-state index in [9.17, 15) is 10.1 Å². The summed E-state index contributed by atoms with van der Waals surface area (Å²) in [5, 5.41) is 14.6. The molecule has 1 aliphatic rings. The van der Waals surface area contributed by atoms with E-state index in [0.29, 0.717) is 17.3 Å². The highest BCUT2D eigenvalue weighted by Gasteiger charge is 2.36. The zero-order valence-electron chi connectivity index (χ0n) is 10.8. The number of hydrogen-bond acceptors (Lipinski definition) is 6. The molecule has 0 amide bonds. The van der Waals surface area contributed by atoms with Crippen LogP contribution in [0.4, 0.5) is 5.69 Å². The smallest absolute Gasteiger partial charge is 0.269 e. The van der Waals surface area contributed by atoms with Gasteiger partial charge in [-0.05, 0) is 25.0 Å². The topological polar surface area (TPSA) is 108 Å². The fraction of sp³-hybridized carbons (Fsp3) is 0.385. The first-order valence-corrected chi connectivity index (χ1v) is 6.46. The number of nitro groups is 1. The molecule has 7 heteroatoms. The Morgan fingerprint density at radius 2 is 1.90 bits per heavy atom. The first kappa shape index (κ1) is 12.7. The number of rotatable bonds is 3. The summed E-state index contributed by atoms with van der Waals surface area (Å²) < 4.78 is 5.22. The summed E-state index contributed by atoms with van der Waals surface area (Å²) in [5.41, 5.74) is 6.44. The third kappa shape index (κ3) is 2.16. The van der Waals surface area contributed by atoms with Crippen molar-refractivity contribution in [3.63, 3.8) is 0 Å². The molecule has 1 heterocycles. The van der Waals surface area contributed by atoms with E-state index in [2.05, 4.69) is 10.1 Å². The Hall–Kier alpha value is -2.28. The van der Waals surface area contributed by atoms with E-state index in [-0.39, 0.29) is 5.69 Å². The lowest BCUT2D eigenvalue weighted by molar-refractivity contribution is -0.384. The van der Waals surface area contributed by atoms with Crippen LogP contribution in [-0.4, -0.2) is 15.1 Å². The van der Waals surface area contributed by atoms with Gasteiger partial charge < -0.3 is 10.3 Å². The summed E-state index contributed by atoms with van der Waals surface area (Å²) in [6.45, 7) is 0. The number of nitrogens with two attached hydrogens (primary N) is 1. The van der Waals surface area contributed by atoms with Crippen molar-refractivity contribution in [2.24, 2.45) is 5.73 Å². The van der Waals surface area contributed by atoms with Crippen LogP contribution in [0.1, 0.15) is 31.5 Å². The molecule has 0 bridgehead atoms. The first-order valence-electron chi connectivity index (χ1n) is 6.46. The van der Waals surface area contributed by atoms with Gasteiger partial charge in [0.15, 0.2) is 5.82 Å². The predicted octanol–water partition coefficient (Wildman–Crippen LogP) is 2.37. The molecular weight excluding hydrogens is 260 g/mol. The molecule has 1 aliphatic carbocycles. The molecule has 0 radical (unpaired) electrons. The fourth-order valence-corrected chi connectivity index (χ4v) is 2.50. The number of nitro benzene ring substituents is 1. The third-order valence-corrected chi connectivity index (χ3v) is 3.69. The van der Waals surface area contributed by atoms with Crippen molar-refractivity contribution in [2.75, 3.05) is 0 Å². The molecule has 0 saturated heterocycles. The van der Waals surface area contributed by atoms with Crippen molar-refractivity contribution >= 4 is 5.69 Å². The lowest BCUT2D eigenvalue weighted by Crippen LogP contribution is -2.34. The standard InChI is InChI=1S/C13H14N4O3/c14-13(7-1-2-8-13)12-15-11(20-16-12)9-3-5-10(6-4-9)17(18)19/h3-6H,1-2,7-8,14H2. The maximum atomic E-state index is 10.6. The van der Waals surface area contributed by atoms with E-state index < -0.39 is 10.5 Å². The van der Waals surface area contributed by atoms with Gasteiger partial charge in [-0.25, -0.2) is 0 Å². The minimum absolute atomic E-state index is 0.0274. The molecule has 1 aromatic heterocycles. The molecule has 7 nitrogen and oxygen atoms in total. The lowest BCUT2D eigenvalue weighted by Gasteiger charge is -2.17. The Morgan fingerprint density at radius 3 is 2.50 bits per heavy atom. The van der Waals surface area contributed by atoms with Gasteiger partial charge >= 0.3 is 0 Å². The number of nitrogens with zero attached hydrogens (tertiary/aromatic N) is 3. The van der Waals surface area contributed by atoms with Crippen molar-refractivity contribution < 1.29 is 9.45 Å². The molecule has 0 unspecified atom stereocenters. The van der Waals surface area contributed by atoms with Crippen LogP contribution in [0.2, 0.25) is 0 Å². The highest BCUT2D eigenvalue weighted by atomic mass is 16.6. The van der Waals surface area contributed by atoms with Crippen LogP contribution >= 0.6 is 0 Å². The van der Waals surface area contributed by atoms with Crippen LogP contribution in [0.3, 0.4) is 0 Å². The fourth-order valence-electron chi connectivity index (χ4n) is 2.50. The number of benzene rings is 1. The molecule has 2 N–H and O–H groups in total. The van der Waals surface area contributed by atoms with E-state index in [0.717, 1.165) is 25.7 Å². The van der Waals surface area contributed by atoms with E-state index in [1.165, 1.54) is 12.1 Å². The van der Waals surface area contributed by atoms with Gasteiger partial charge in [0, 0.05) is 17.7 Å². The number of non-ortho nitro benzene ring substituents is 1. The zero-order valence-corrected chi connectivity index (χ0v) is 10.8. The maximum absolute atomic E-state index is 10.6. The predicted molar refractivity (Wildman–Crippen MR) is 70.7 cm³/mol. The summed E-state index contributed by atoms with van der Waals surface area (Å²) >= 11 is 0. The van der Waals surface area contributed by atoms with E-state index >= 15 is 0 Å². The van der Waals surface area contributed by atoms with Gasteiger partial charge in [-0.15, -0.1) is 0 Å².